The van der Waals surface area contributed by atoms with Crippen LogP contribution in [0.3, 0.4) is 0 Å². The van der Waals surface area contributed by atoms with E-state index in [0.29, 0.717) is 6.42 Å². The minimum absolute atomic E-state index is 0.0484. The number of nitrogens with one attached hydrogen (secondary N) is 1. The van der Waals surface area contributed by atoms with Gasteiger partial charge in [-0.15, -0.1) is 0 Å². The second kappa shape index (κ2) is 5.43. The summed E-state index contributed by atoms with van der Waals surface area (Å²) in [6.45, 7) is 0. The van der Waals surface area contributed by atoms with Crippen molar-refractivity contribution in [3.63, 3.8) is 0 Å². The summed E-state index contributed by atoms with van der Waals surface area (Å²) in [7, 11) is -4.16. The molecule has 1 amide bonds. The monoisotopic (exact) mass is 336 g/mol. The van der Waals surface area contributed by atoms with Crippen molar-refractivity contribution in [2.45, 2.75) is 17.6 Å². The third-order valence-electron chi connectivity index (χ3n) is 3.40. The molecule has 0 radical (unpaired) electrons. The van der Waals surface area contributed by atoms with Crippen molar-refractivity contribution in [2.75, 3.05) is 25.6 Å². The summed E-state index contributed by atoms with van der Waals surface area (Å²) < 4.78 is 53.1. The van der Waals surface area contributed by atoms with Crippen LogP contribution in [0.2, 0.25) is 0 Å². The molecule has 118 valence electrons. The van der Waals surface area contributed by atoms with Gasteiger partial charge in [-0.25, -0.2) is 21.6 Å². The normalized spacial score (nSPS) is 21.3. The Balaban J connectivity index is 2.18. The van der Waals surface area contributed by atoms with Gasteiger partial charge in [0.25, 0.3) is 15.9 Å². The van der Waals surface area contributed by atoms with Gasteiger partial charge in [0.15, 0.2) is 15.6 Å². The van der Waals surface area contributed by atoms with Gasteiger partial charge in [0.05, 0.1) is 11.5 Å². The van der Waals surface area contributed by atoms with E-state index in [-0.39, 0.29) is 22.4 Å². The van der Waals surface area contributed by atoms with Gasteiger partial charge in [-0.2, -0.15) is 0 Å². The molecule has 10 heteroatoms. The van der Waals surface area contributed by atoms with Gasteiger partial charge in [0.1, 0.15) is 0 Å². The Labute approximate surface area is 123 Å². The van der Waals surface area contributed by atoms with E-state index in [2.05, 4.69) is 4.72 Å². The SMILES string of the molecule is CNS(=O)(=O)c1ccc(C(=O)N(C)C2CCS(=O)(=O)C2)o1. The van der Waals surface area contributed by atoms with Crippen LogP contribution >= 0.6 is 0 Å². The Bertz CT molecular complexity index is 749. The lowest BCUT2D eigenvalue weighted by Gasteiger charge is -2.22. The van der Waals surface area contributed by atoms with Crippen LogP contribution in [0.5, 0.6) is 0 Å². The first kappa shape index (κ1) is 16.0. The van der Waals surface area contributed by atoms with Gasteiger partial charge >= 0.3 is 0 Å². The number of carbonyl (C=O) groups is 1. The summed E-state index contributed by atoms with van der Waals surface area (Å²) in [4.78, 5) is 13.5. The van der Waals surface area contributed by atoms with Crippen molar-refractivity contribution in [1.29, 1.82) is 0 Å². The molecule has 1 N–H and O–H groups in total. The van der Waals surface area contributed by atoms with Gasteiger partial charge in [-0.3, -0.25) is 4.79 Å². The van der Waals surface area contributed by atoms with Crippen LogP contribution in [0.4, 0.5) is 0 Å². The average molecular weight is 336 g/mol. The predicted molar refractivity (Wildman–Crippen MR) is 74.1 cm³/mol. The summed E-state index contributed by atoms with van der Waals surface area (Å²) in [6.07, 6.45) is 0.368. The molecular formula is C11H16N2O6S2. The van der Waals surface area contributed by atoms with Gasteiger partial charge in [0, 0.05) is 13.1 Å². The van der Waals surface area contributed by atoms with E-state index in [9.17, 15) is 21.6 Å². The number of sulfone groups is 1. The molecule has 0 saturated carbocycles. The molecule has 2 rings (SSSR count). The van der Waals surface area contributed by atoms with Crippen molar-refractivity contribution in [1.82, 2.24) is 9.62 Å². The lowest BCUT2D eigenvalue weighted by molar-refractivity contribution is 0.0709. The zero-order valence-electron chi connectivity index (χ0n) is 11.6. The van der Waals surface area contributed by atoms with E-state index in [0.717, 1.165) is 0 Å². The van der Waals surface area contributed by atoms with Crippen LogP contribution in [-0.2, 0) is 19.9 Å². The van der Waals surface area contributed by atoms with Gasteiger partial charge in [0.2, 0.25) is 5.09 Å². The number of sulfonamides is 1. The molecule has 0 aliphatic carbocycles. The van der Waals surface area contributed by atoms with Crippen molar-refractivity contribution >= 4 is 25.8 Å². The molecule has 1 atom stereocenters. The van der Waals surface area contributed by atoms with Crippen LogP contribution in [-0.4, -0.2) is 59.3 Å². The van der Waals surface area contributed by atoms with E-state index in [4.69, 9.17) is 4.42 Å². The maximum atomic E-state index is 12.2. The highest BCUT2D eigenvalue weighted by Gasteiger charge is 2.34. The smallest absolute Gasteiger partial charge is 0.289 e. The topological polar surface area (TPSA) is 114 Å². The minimum atomic E-state index is -3.76. The largest absolute Gasteiger partial charge is 0.438 e. The molecule has 1 aliphatic heterocycles. The molecule has 1 saturated heterocycles. The molecule has 8 nitrogen and oxygen atoms in total. The molecule has 0 spiro atoms. The highest BCUT2D eigenvalue weighted by molar-refractivity contribution is 7.91. The first-order chi connectivity index (χ1) is 9.66. The number of rotatable bonds is 4. The van der Waals surface area contributed by atoms with E-state index in [1.165, 1.54) is 31.1 Å². The minimum Gasteiger partial charge on any atom is -0.438 e. The number of hydrogen-bond acceptors (Lipinski definition) is 6. The lowest BCUT2D eigenvalue weighted by atomic mass is 10.2. The van der Waals surface area contributed by atoms with Gasteiger partial charge in [-0.1, -0.05) is 0 Å². The summed E-state index contributed by atoms with van der Waals surface area (Å²) in [5, 5.41) is -0.360. The fourth-order valence-electron chi connectivity index (χ4n) is 2.10. The zero-order valence-corrected chi connectivity index (χ0v) is 13.2. The van der Waals surface area contributed by atoms with Crippen molar-refractivity contribution in [2.24, 2.45) is 0 Å². The van der Waals surface area contributed by atoms with Crippen molar-refractivity contribution in [3.8, 4) is 0 Å². The first-order valence-electron chi connectivity index (χ1n) is 6.17. The fourth-order valence-corrected chi connectivity index (χ4v) is 4.52. The number of hydrogen-bond donors (Lipinski definition) is 1. The Morgan fingerprint density at radius 1 is 1.43 bits per heavy atom. The quantitative estimate of drug-likeness (QED) is 0.789. The van der Waals surface area contributed by atoms with Gasteiger partial charge in [-0.05, 0) is 25.6 Å². The molecular weight excluding hydrogens is 320 g/mol. The number of carbonyl (C=O) groups excluding carboxylic acids is 1. The molecule has 1 aromatic rings. The first-order valence-corrected chi connectivity index (χ1v) is 9.48. The molecule has 0 bridgehead atoms. The fraction of sp³-hybridized carbons (Fsp3) is 0.545. The number of nitrogens with zero attached hydrogens (tertiary/aromatic N) is 1. The van der Waals surface area contributed by atoms with Crippen molar-refractivity contribution in [3.05, 3.63) is 17.9 Å². The van der Waals surface area contributed by atoms with E-state index in [1.54, 1.807) is 0 Å². The number of amides is 1. The third-order valence-corrected chi connectivity index (χ3v) is 6.44. The molecule has 0 aromatic carbocycles. The molecule has 1 fully saturated rings. The Kier molecular flexibility index (Phi) is 4.13. The third kappa shape index (κ3) is 3.27. The zero-order chi connectivity index (χ0) is 15.8. The van der Waals surface area contributed by atoms with Crippen LogP contribution in [0.15, 0.2) is 21.6 Å². The maximum Gasteiger partial charge on any atom is 0.289 e. The lowest BCUT2D eigenvalue weighted by Crippen LogP contribution is -2.37. The summed E-state index contributed by atoms with van der Waals surface area (Å²) in [6, 6.07) is 2.02. The second-order valence-corrected chi connectivity index (χ2v) is 8.85. The maximum absolute atomic E-state index is 12.2. The summed E-state index contributed by atoms with van der Waals surface area (Å²) in [5.41, 5.74) is 0. The molecule has 1 aromatic heterocycles. The van der Waals surface area contributed by atoms with E-state index >= 15 is 0 Å². The van der Waals surface area contributed by atoms with Crippen LogP contribution in [0, 0.1) is 0 Å². The standard InChI is InChI=1S/C11H16N2O6S2/c1-12-21(17,18)10-4-3-9(19-10)11(14)13(2)8-5-6-20(15,16)7-8/h3-4,8,12H,5-7H2,1-2H3. The highest BCUT2D eigenvalue weighted by Crippen LogP contribution is 2.20. The van der Waals surface area contributed by atoms with Crippen LogP contribution in [0.1, 0.15) is 17.0 Å². The molecule has 21 heavy (non-hydrogen) atoms. The Morgan fingerprint density at radius 3 is 2.62 bits per heavy atom. The molecule has 2 heterocycles. The average Bonchev–Trinajstić information content (AvgIpc) is 3.04. The van der Waals surface area contributed by atoms with Gasteiger partial charge < -0.3 is 9.32 Å². The highest BCUT2D eigenvalue weighted by atomic mass is 32.2. The van der Waals surface area contributed by atoms with E-state index in [1.807, 2.05) is 0 Å². The summed E-state index contributed by atoms with van der Waals surface area (Å²) >= 11 is 0. The predicted octanol–water partition coefficient (Wildman–Crippen LogP) is -0.553. The Hall–Kier alpha value is -1.39. The second-order valence-electron chi connectivity index (χ2n) is 4.80. The van der Waals surface area contributed by atoms with Crippen LogP contribution < -0.4 is 4.72 Å². The molecule has 1 aliphatic rings. The summed E-state index contributed by atoms with van der Waals surface area (Å²) in [5.74, 6) is -0.727. The van der Waals surface area contributed by atoms with E-state index < -0.39 is 31.8 Å². The molecule has 1 unspecified atom stereocenters. The number of furan rings is 1. The van der Waals surface area contributed by atoms with Crippen LogP contribution in [0.25, 0.3) is 0 Å². The Morgan fingerprint density at radius 2 is 2.10 bits per heavy atom. The van der Waals surface area contributed by atoms with Crippen molar-refractivity contribution < 1.29 is 26.0 Å².